The molecule has 1 aromatic rings. The number of rotatable bonds is 5. The highest BCUT2D eigenvalue weighted by molar-refractivity contribution is 5.36. The maximum atomic E-state index is 12.2. The molecule has 0 saturated carbocycles. The van der Waals surface area contributed by atoms with E-state index in [4.69, 9.17) is 0 Å². The number of para-hydroxylation sites is 1. The fourth-order valence-electron chi connectivity index (χ4n) is 1.77. The maximum absolute atomic E-state index is 12.2. The van der Waals surface area contributed by atoms with Crippen LogP contribution in [0.2, 0.25) is 0 Å². The summed E-state index contributed by atoms with van der Waals surface area (Å²) in [6.07, 6.45) is -1.72. The Labute approximate surface area is 99.6 Å². The van der Waals surface area contributed by atoms with E-state index in [2.05, 4.69) is 11.7 Å². The minimum atomic E-state index is -4.62. The highest BCUT2D eigenvalue weighted by Gasteiger charge is 2.32. The van der Waals surface area contributed by atoms with Gasteiger partial charge < -0.3 is 4.74 Å². The SMILES string of the molecule is CCCC[C@@H](C)c1ccccc1OC(F)(F)F. The van der Waals surface area contributed by atoms with Crippen molar-refractivity contribution >= 4 is 0 Å². The molecular formula is C13H17F3O. The van der Waals surface area contributed by atoms with Crippen LogP contribution >= 0.6 is 0 Å². The molecule has 96 valence electrons. The summed E-state index contributed by atoms with van der Waals surface area (Å²) in [6, 6.07) is 6.35. The van der Waals surface area contributed by atoms with E-state index in [0.29, 0.717) is 5.56 Å². The van der Waals surface area contributed by atoms with E-state index >= 15 is 0 Å². The van der Waals surface area contributed by atoms with Gasteiger partial charge in [0, 0.05) is 0 Å². The molecule has 0 aromatic heterocycles. The highest BCUT2D eigenvalue weighted by atomic mass is 19.4. The van der Waals surface area contributed by atoms with Crippen LogP contribution in [0.3, 0.4) is 0 Å². The van der Waals surface area contributed by atoms with Crippen molar-refractivity contribution in [1.29, 1.82) is 0 Å². The van der Waals surface area contributed by atoms with Crippen molar-refractivity contribution in [3.8, 4) is 5.75 Å². The van der Waals surface area contributed by atoms with Crippen LogP contribution in [0, 0.1) is 0 Å². The lowest BCUT2D eigenvalue weighted by atomic mass is 9.95. The summed E-state index contributed by atoms with van der Waals surface area (Å²) in [6.45, 7) is 3.99. The summed E-state index contributed by atoms with van der Waals surface area (Å²) in [7, 11) is 0. The molecule has 17 heavy (non-hydrogen) atoms. The van der Waals surface area contributed by atoms with E-state index in [0.717, 1.165) is 19.3 Å². The Bertz CT molecular complexity index is 347. The van der Waals surface area contributed by atoms with Crippen LogP contribution in [0.4, 0.5) is 13.2 Å². The first-order chi connectivity index (χ1) is 7.94. The number of hydrogen-bond donors (Lipinski definition) is 0. The summed E-state index contributed by atoms with van der Waals surface area (Å²) < 4.78 is 40.7. The van der Waals surface area contributed by atoms with E-state index < -0.39 is 6.36 Å². The Morgan fingerprint density at radius 2 is 1.88 bits per heavy atom. The fraction of sp³-hybridized carbons (Fsp3) is 0.538. The van der Waals surface area contributed by atoms with Gasteiger partial charge in [-0.05, 0) is 24.0 Å². The molecule has 1 atom stereocenters. The highest BCUT2D eigenvalue weighted by Crippen LogP contribution is 2.33. The molecule has 0 aliphatic rings. The predicted molar refractivity (Wildman–Crippen MR) is 61.1 cm³/mol. The van der Waals surface area contributed by atoms with E-state index in [1.165, 1.54) is 6.07 Å². The average Bonchev–Trinajstić information content (AvgIpc) is 2.24. The number of unbranched alkanes of at least 4 members (excludes halogenated alkanes) is 1. The Hall–Kier alpha value is -1.19. The quantitative estimate of drug-likeness (QED) is 0.719. The third kappa shape index (κ3) is 4.67. The first kappa shape index (κ1) is 13.9. The molecule has 1 rings (SSSR count). The van der Waals surface area contributed by atoms with Crippen LogP contribution in [0.1, 0.15) is 44.6 Å². The average molecular weight is 246 g/mol. The first-order valence-corrected chi connectivity index (χ1v) is 5.78. The lowest BCUT2D eigenvalue weighted by molar-refractivity contribution is -0.275. The Balaban J connectivity index is 2.83. The van der Waals surface area contributed by atoms with Gasteiger partial charge in [0.25, 0.3) is 0 Å². The van der Waals surface area contributed by atoms with E-state index in [-0.39, 0.29) is 11.7 Å². The van der Waals surface area contributed by atoms with E-state index in [9.17, 15) is 13.2 Å². The summed E-state index contributed by atoms with van der Waals surface area (Å²) in [5, 5.41) is 0. The molecule has 0 spiro atoms. The molecule has 1 aromatic carbocycles. The van der Waals surface area contributed by atoms with Gasteiger partial charge in [-0.1, -0.05) is 44.9 Å². The number of benzene rings is 1. The normalized spacial score (nSPS) is 13.5. The first-order valence-electron chi connectivity index (χ1n) is 5.78. The molecule has 1 nitrogen and oxygen atoms in total. The Morgan fingerprint density at radius 1 is 1.24 bits per heavy atom. The van der Waals surface area contributed by atoms with Crippen molar-refractivity contribution in [2.45, 2.75) is 45.4 Å². The van der Waals surface area contributed by atoms with Crippen molar-refractivity contribution in [3.05, 3.63) is 29.8 Å². The van der Waals surface area contributed by atoms with E-state index in [1.54, 1.807) is 18.2 Å². The van der Waals surface area contributed by atoms with E-state index in [1.807, 2.05) is 6.92 Å². The largest absolute Gasteiger partial charge is 0.573 e. The zero-order chi connectivity index (χ0) is 12.9. The van der Waals surface area contributed by atoms with Crippen LogP contribution in [0.5, 0.6) is 5.75 Å². The molecule has 0 aliphatic carbocycles. The van der Waals surface area contributed by atoms with Crippen LogP contribution < -0.4 is 4.74 Å². The molecular weight excluding hydrogens is 229 g/mol. The zero-order valence-electron chi connectivity index (χ0n) is 10.1. The minimum Gasteiger partial charge on any atom is -0.405 e. The van der Waals surface area contributed by atoms with Gasteiger partial charge >= 0.3 is 6.36 Å². The van der Waals surface area contributed by atoms with Crippen LogP contribution in [0.15, 0.2) is 24.3 Å². The second kappa shape index (κ2) is 5.94. The molecule has 0 N–H and O–H groups in total. The molecule has 0 amide bonds. The second-order valence-electron chi connectivity index (χ2n) is 4.13. The van der Waals surface area contributed by atoms with Gasteiger partial charge in [-0.2, -0.15) is 0 Å². The van der Waals surface area contributed by atoms with Gasteiger partial charge in [-0.3, -0.25) is 0 Å². The molecule has 0 saturated heterocycles. The number of halogens is 3. The van der Waals surface area contributed by atoms with Crippen molar-refractivity contribution in [2.24, 2.45) is 0 Å². The van der Waals surface area contributed by atoms with Crippen LogP contribution in [-0.4, -0.2) is 6.36 Å². The van der Waals surface area contributed by atoms with Crippen molar-refractivity contribution in [1.82, 2.24) is 0 Å². The smallest absolute Gasteiger partial charge is 0.405 e. The lowest BCUT2D eigenvalue weighted by Gasteiger charge is -2.17. The maximum Gasteiger partial charge on any atom is 0.573 e. The predicted octanol–water partition coefficient (Wildman–Crippen LogP) is 4.88. The molecule has 0 bridgehead atoms. The van der Waals surface area contributed by atoms with Gasteiger partial charge in [0.2, 0.25) is 0 Å². The molecule has 0 unspecified atom stereocenters. The Kier molecular flexibility index (Phi) is 4.85. The van der Waals surface area contributed by atoms with Gasteiger partial charge in [-0.25, -0.2) is 0 Å². The van der Waals surface area contributed by atoms with Crippen LogP contribution in [0.25, 0.3) is 0 Å². The molecule has 0 fully saturated rings. The zero-order valence-corrected chi connectivity index (χ0v) is 10.1. The standard InChI is InChI=1S/C13H17F3O/c1-3-4-7-10(2)11-8-5-6-9-12(11)17-13(14,15)16/h5-6,8-10H,3-4,7H2,1-2H3/t10-/m1/s1. The summed E-state index contributed by atoms with van der Waals surface area (Å²) in [5.74, 6) is -0.00268. The summed E-state index contributed by atoms with van der Waals surface area (Å²) >= 11 is 0. The number of alkyl halides is 3. The lowest BCUT2D eigenvalue weighted by Crippen LogP contribution is -2.18. The fourth-order valence-corrected chi connectivity index (χ4v) is 1.77. The molecule has 4 heteroatoms. The van der Waals surface area contributed by atoms with Crippen molar-refractivity contribution in [2.75, 3.05) is 0 Å². The molecule has 0 aliphatic heterocycles. The van der Waals surface area contributed by atoms with Gasteiger partial charge in [0.15, 0.2) is 0 Å². The van der Waals surface area contributed by atoms with Crippen molar-refractivity contribution < 1.29 is 17.9 Å². The summed E-state index contributed by atoms with van der Waals surface area (Å²) in [5.41, 5.74) is 0.623. The second-order valence-corrected chi connectivity index (χ2v) is 4.13. The number of ether oxygens (including phenoxy) is 1. The van der Waals surface area contributed by atoms with Crippen molar-refractivity contribution in [3.63, 3.8) is 0 Å². The molecule has 0 heterocycles. The molecule has 0 radical (unpaired) electrons. The third-order valence-electron chi connectivity index (χ3n) is 2.67. The van der Waals surface area contributed by atoms with Crippen LogP contribution in [-0.2, 0) is 0 Å². The minimum absolute atomic E-state index is 0.0773. The van der Waals surface area contributed by atoms with Gasteiger partial charge in [0.05, 0.1) is 0 Å². The topological polar surface area (TPSA) is 9.23 Å². The van der Waals surface area contributed by atoms with Gasteiger partial charge in [0.1, 0.15) is 5.75 Å². The monoisotopic (exact) mass is 246 g/mol. The third-order valence-corrected chi connectivity index (χ3v) is 2.67. The van der Waals surface area contributed by atoms with Gasteiger partial charge in [-0.15, -0.1) is 13.2 Å². The number of hydrogen-bond acceptors (Lipinski definition) is 1. The summed E-state index contributed by atoms with van der Waals surface area (Å²) in [4.78, 5) is 0. The Morgan fingerprint density at radius 3 is 2.47 bits per heavy atom.